The Balaban J connectivity index is 2.17. The second kappa shape index (κ2) is 4.43. The first-order valence-electron chi connectivity index (χ1n) is 5.31. The van der Waals surface area contributed by atoms with Crippen molar-refractivity contribution in [1.82, 2.24) is 9.55 Å². The van der Waals surface area contributed by atoms with Gasteiger partial charge in [-0.2, -0.15) is 0 Å². The van der Waals surface area contributed by atoms with E-state index in [2.05, 4.69) is 4.98 Å². The fraction of sp³-hybridized carbons (Fsp3) is 0.600. The third kappa shape index (κ3) is 2.20. The highest BCUT2D eigenvalue weighted by Gasteiger charge is 2.23. The Morgan fingerprint density at radius 3 is 2.62 bits per heavy atom. The molecule has 0 amide bonds. The van der Waals surface area contributed by atoms with E-state index in [4.69, 9.17) is 22.4 Å². The van der Waals surface area contributed by atoms with Crippen molar-refractivity contribution < 1.29 is 9.90 Å². The van der Waals surface area contributed by atoms with Crippen molar-refractivity contribution in [2.75, 3.05) is 0 Å². The van der Waals surface area contributed by atoms with Crippen LogP contribution in [-0.2, 0) is 0 Å². The first kappa shape index (κ1) is 11.4. The fourth-order valence-corrected chi connectivity index (χ4v) is 2.39. The molecule has 6 heteroatoms. The number of hydrogen-bond donors (Lipinski definition) is 2. The van der Waals surface area contributed by atoms with E-state index >= 15 is 0 Å². The molecule has 1 aromatic heterocycles. The molecular formula is C10H14ClN3O2. The van der Waals surface area contributed by atoms with Crippen LogP contribution in [0.5, 0.6) is 0 Å². The van der Waals surface area contributed by atoms with E-state index in [0.29, 0.717) is 0 Å². The molecule has 0 spiro atoms. The molecule has 0 bridgehead atoms. The van der Waals surface area contributed by atoms with Gasteiger partial charge in [0, 0.05) is 18.3 Å². The summed E-state index contributed by atoms with van der Waals surface area (Å²) in [5.74, 6) is -1.05. The molecule has 0 aliphatic heterocycles. The van der Waals surface area contributed by atoms with E-state index in [9.17, 15) is 4.79 Å². The zero-order chi connectivity index (χ0) is 11.7. The van der Waals surface area contributed by atoms with E-state index in [-0.39, 0.29) is 23.1 Å². The number of imidazole rings is 1. The van der Waals surface area contributed by atoms with Crippen molar-refractivity contribution in [2.45, 2.75) is 37.8 Å². The van der Waals surface area contributed by atoms with Gasteiger partial charge in [0.25, 0.3) is 0 Å². The minimum Gasteiger partial charge on any atom is -0.476 e. The Bertz CT molecular complexity index is 397. The van der Waals surface area contributed by atoms with Crippen molar-refractivity contribution in [3.63, 3.8) is 0 Å². The summed E-state index contributed by atoms with van der Waals surface area (Å²) < 4.78 is 1.75. The van der Waals surface area contributed by atoms with Crippen LogP contribution in [0.25, 0.3) is 0 Å². The van der Waals surface area contributed by atoms with Crippen molar-refractivity contribution in [3.05, 3.63) is 17.2 Å². The number of carboxylic acids is 1. The van der Waals surface area contributed by atoms with Gasteiger partial charge in [-0.25, -0.2) is 9.78 Å². The van der Waals surface area contributed by atoms with Crippen LogP contribution in [0.4, 0.5) is 0 Å². The van der Waals surface area contributed by atoms with E-state index in [1.54, 1.807) is 4.57 Å². The van der Waals surface area contributed by atoms with Crippen LogP contribution in [0.2, 0.25) is 5.28 Å². The molecule has 0 radical (unpaired) electrons. The second-order valence-electron chi connectivity index (χ2n) is 4.18. The van der Waals surface area contributed by atoms with Crippen LogP contribution in [0, 0.1) is 0 Å². The average molecular weight is 244 g/mol. The van der Waals surface area contributed by atoms with Crippen LogP contribution in [0.15, 0.2) is 6.20 Å². The van der Waals surface area contributed by atoms with Gasteiger partial charge in [0.05, 0.1) is 0 Å². The predicted octanol–water partition coefficient (Wildman–Crippen LogP) is 1.68. The minimum atomic E-state index is -1.05. The van der Waals surface area contributed by atoms with Crippen LogP contribution >= 0.6 is 11.6 Å². The molecular weight excluding hydrogens is 230 g/mol. The molecule has 2 rings (SSSR count). The van der Waals surface area contributed by atoms with Crippen LogP contribution in [-0.4, -0.2) is 26.7 Å². The molecule has 16 heavy (non-hydrogen) atoms. The number of carboxylic acid groups (broad SMARTS) is 1. The van der Waals surface area contributed by atoms with Crippen LogP contribution < -0.4 is 5.73 Å². The number of aromatic carboxylic acids is 1. The molecule has 3 N–H and O–H groups in total. The normalized spacial score (nSPS) is 25.6. The van der Waals surface area contributed by atoms with Gasteiger partial charge in [-0.1, -0.05) is 0 Å². The maximum Gasteiger partial charge on any atom is 0.356 e. The molecule has 1 aliphatic carbocycles. The number of halogens is 1. The van der Waals surface area contributed by atoms with Crippen LogP contribution in [0.3, 0.4) is 0 Å². The summed E-state index contributed by atoms with van der Waals surface area (Å²) in [6, 6.07) is 0.491. The zero-order valence-corrected chi connectivity index (χ0v) is 9.52. The molecule has 0 aromatic carbocycles. The SMILES string of the molecule is NC1CCC(n2cc(C(=O)O)nc2Cl)CC1. The molecule has 1 fully saturated rings. The second-order valence-corrected chi connectivity index (χ2v) is 4.51. The van der Waals surface area contributed by atoms with Crippen LogP contribution in [0.1, 0.15) is 42.2 Å². The number of nitrogens with zero attached hydrogens (tertiary/aromatic N) is 2. The predicted molar refractivity (Wildman–Crippen MR) is 59.7 cm³/mol. The highest BCUT2D eigenvalue weighted by molar-refractivity contribution is 6.28. The Hall–Kier alpha value is -1.07. The number of carbonyl (C=O) groups is 1. The zero-order valence-electron chi connectivity index (χ0n) is 8.77. The Kier molecular flexibility index (Phi) is 3.16. The van der Waals surface area contributed by atoms with Gasteiger partial charge in [-0.05, 0) is 37.3 Å². The summed E-state index contributed by atoms with van der Waals surface area (Å²) in [5, 5.41) is 9.06. The molecule has 1 saturated carbocycles. The molecule has 5 nitrogen and oxygen atoms in total. The highest BCUT2D eigenvalue weighted by Crippen LogP contribution is 2.30. The van der Waals surface area contributed by atoms with Gasteiger partial charge >= 0.3 is 5.97 Å². The van der Waals surface area contributed by atoms with E-state index < -0.39 is 5.97 Å². The smallest absolute Gasteiger partial charge is 0.356 e. The van der Waals surface area contributed by atoms with Crippen molar-refractivity contribution in [1.29, 1.82) is 0 Å². The lowest BCUT2D eigenvalue weighted by atomic mass is 9.92. The quantitative estimate of drug-likeness (QED) is 0.828. The fourth-order valence-electron chi connectivity index (χ4n) is 2.11. The largest absolute Gasteiger partial charge is 0.476 e. The Labute approximate surface area is 98.2 Å². The lowest BCUT2D eigenvalue weighted by Crippen LogP contribution is -2.27. The summed E-state index contributed by atoms with van der Waals surface area (Å²) in [7, 11) is 0. The van der Waals surface area contributed by atoms with Crippen molar-refractivity contribution in [3.8, 4) is 0 Å². The standard InChI is InChI=1S/C10H14ClN3O2/c11-10-13-8(9(15)16)5-14(10)7-3-1-6(12)2-4-7/h5-7H,1-4,12H2,(H,15,16). The maximum absolute atomic E-state index is 10.7. The van der Waals surface area contributed by atoms with E-state index in [0.717, 1.165) is 25.7 Å². The first-order valence-corrected chi connectivity index (χ1v) is 5.69. The highest BCUT2D eigenvalue weighted by atomic mass is 35.5. The topological polar surface area (TPSA) is 81.1 Å². The van der Waals surface area contributed by atoms with Gasteiger partial charge in [-0.3, -0.25) is 0 Å². The third-order valence-electron chi connectivity index (χ3n) is 3.04. The lowest BCUT2D eigenvalue weighted by Gasteiger charge is -2.27. The number of nitrogens with two attached hydrogens (primary N) is 1. The van der Waals surface area contributed by atoms with Gasteiger partial charge < -0.3 is 15.4 Å². The number of aromatic nitrogens is 2. The van der Waals surface area contributed by atoms with E-state index in [1.807, 2.05) is 0 Å². The molecule has 1 heterocycles. The molecule has 1 aromatic rings. The van der Waals surface area contributed by atoms with Crippen molar-refractivity contribution >= 4 is 17.6 Å². The lowest BCUT2D eigenvalue weighted by molar-refractivity contribution is 0.0691. The molecule has 88 valence electrons. The van der Waals surface area contributed by atoms with Gasteiger partial charge in [0.2, 0.25) is 5.28 Å². The minimum absolute atomic E-state index is 0.000119. The molecule has 0 unspecified atom stereocenters. The van der Waals surface area contributed by atoms with Gasteiger partial charge in [0.15, 0.2) is 5.69 Å². The van der Waals surface area contributed by atoms with Crippen molar-refractivity contribution in [2.24, 2.45) is 5.73 Å². The Morgan fingerprint density at radius 1 is 1.50 bits per heavy atom. The summed E-state index contributed by atoms with van der Waals surface area (Å²) in [6.45, 7) is 0. The monoisotopic (exact) mass is 243 g/mol. The number of rotatable bonds is 2. The summed E-state index contributed by atoms with van der Waals surface area (Å²) in [4.78, 5) is 14.5. The summed E-state index contributed by atoms with van der Waals surface area (Å²) in [6.07, 6.45) is 5.25. The Morgan fingerprint density at radius 2 is 2.12 bits per heavy atom. The summed E-state index contributed by atoms with van der Waals surface area (Å²) in [5.41, 5.74) is 5.81. The molecule has 0 atom stereocenters. The van der Waals surface area contributed by atoms with E-state index in [1.165, 1.54) is 6.20 Å². The van der Waals surface area contributed by atoms with Gasteiger partial charge in [-0.15, -0.1) is 0 Å². The molecule has 0 saturated heterocycles. The average Bonchev–Trinajstić information content (AvgIpc) is 2.62. The maximum atomic E-state index is 10.7. The van der Waals surface area contributed by atoms with Gasteiger partial charge in [0.1, 0.15) is 0 Å². The third-order valence-corrected chi connectivity index (χ3v) is 3.32. The number of hydrogen-bond acceptors (Lipinski definition) is 3. The first-order chi connectivity index (χ1) is 7.58. The summed E-state index contributed by atoms with van der Waals surface area (Å²) >= 11 is 5.92. The molecule has 1 aliphatic rings.